The Morgan fingerprint density at radius 3 is 1.45 bits per heavy atom. The summed E-state index contributed by atoms with van der Waals surface area (Å²) in [5.41, 5.74) is 0. The van der Waals surface area contributed by atoms with Crippen LogP contribution in [0.3, 0.4) is 0 Å². The van der Waals surface area contributed by atoms with E-state index in [0.717, 1.165) is 17.8 Å². The molecule has 3 rings (SSSR count). The average molecular weight is 643 g/mol. The predicted molar refractivity (Wildman–Crippen MR) is 85.7 cm³/mol. The van der Waals surface area contributed by atoms with E-state index in [0.29, 0.717) is 5.92 Å². The van der Waals surface area contributed by atoms with Crippen LogP contribution in [0.1, 0.15) is 77.0 Å². The van der Waals surface area contributed by atoms with Gasteiger partial charge in [-0.05, 0) is 37.5 Å². The van der Waals surface area contributed by atoms with E-state index < -0.39 is 0 Å². The standard InChI is InChI=1S/C20H30.2Re/c1-3-7-17(8-4-1)11-12-18-13-15-20(16-14-18)19-9-5-2-6-10-19;;/h1-2,17-20H,3-10,13-16H2;;/q-2;;. The van der Waals surface area contributed by atoms with Crippen molar-refractivity contribution in [2.75, 3.05) is 0 Å². The normalized spacial score (nSPS) is 30.4. The van der Waals surface area contributed by atoms with Gasteiger partial charge in [-0.3, -0.25) is 0 Å². The maximum absolute atomic E-state index is 3.64. The monoisotopic (exact) mass is 644 g/mol. The molecule has 0 aliphatic heterocycles. The summed E-state index contributed by atoms with van der Waals surface area (Å²) in [6.07, 6.45) is 21.6. The van der Waals surface area contributed by atoms with Crippen LogP contribution in [0, 0.1) is 48.4 Å². The molecule has 3 aliphatic rings. The topological polar surface area (TPSA) is 0 Å². The molecule has 0 nitrogen and oxygen atoms in total. The van der Waals surface area contributed by atoms with Crippen LogP contribution < -0.4 is 0 Å². The van der Waals surface area contributed by atoms with E-state index in [4.69, 9.17) is 0 Å². The molecule has 2 radical (unpaired) electrons. The van der Waals surface area contributed by atoms with Crippen molar-refractivity contribution in [3.8, 4) is 11.8 Å². The maximum Gasteiger partial charge on any atom is 0.0203 e. The molecule has 0 aromatic rings. The molecule has 22 heavy (non-hydrogen) atoms. The molecule has 0 bridgehead atoms. The Morgan fingerprint density at radius 2 is 0.909 bits per heavy atom. The molecule has 0 atom stereocenters. The molecular formula is C20H30Re2-2. The van der Waals surface area contributed by atoms with Crippen LogP contribution in [0.5, 0.6) is 0 Å². The van der Waals surface area contributed by atoms with Gasteiger partial charge in [0.15, 0.2) is 0 Å². The summed E-state index contributed by atoms with van der Waals surface area (Å²) in [6.45, 7) is 0. The summed E-state index contributed by atoms with van der Waals surface area (Å²) in [4.78, 5) is 0. The molecule has 2 heteroatoms. The third-order valence-corrected chi connectivity index (χ3v) is 5.85. The molecule has 0 saturated heterocycles. The van der Waals surface area contributed by atoms with Crippen molar-refractivity contribution in [3.63, 3.8) is 0 Å². The Labute approximate surface area is 165 Å². The minimum absolute atomic E-state index is 0. The van der Waals surface area contributed by atoms with Crippen molar-refractivity contribution < 1.29 is 40.8 Å². The quantitative estimate of drug-likeness (QED) is 0.259. The van der Waals surface area contributed by atoms with E-state index >= 15 is 0 Å². The molecular weight excluding hydrogens is 613 g/mol. The van der Waals surface area contributed by atoms with E-state index in [1.54, 1.807) is 0 Å². The van der Waals surface area contributed by atoms with E-state index in [1.807, 2.05) is 0 Å². The Bertz CT molecular complexity index is 334. The van der Waals surface area contributed by atoms with Crippen molar-refractivity contribution in [1.82, 2.24) is 0 Å². The van der Waals surface area contributed by atoms with Crippen molar-refractivity contribution >= 4 is 0 Å². The van der Waals surface area contributed by atoms with Crippen LogP contribution in [-0.4, -0.2) is 0 Å². The summed E-state index contributed by atoms with van der Waals surface area (Å²) < 4.78 is 0. The first-order valence-corrected chi connectivity index (χ1v) is 9.06. The van der Waals surface area contributed by atoms with Crippen molar-refractivity contribution in [1.29, 1.82) is 0 Å². The molecule has 0 aromatic heterocycles. The van der Waals surface area contributed by atoms with Gasteiger partial charge in [0.05, 0.1) is 0 Å². The molecule has 3 fully saturated rings. The number of hydrogen-bond donors (Lipinski definition) is 0. The number of hydrogen-bond acceptors (Lipinski definition) is 0. The zero-order valence-electron chi connectivity index (χ0n) is 13.7. The van der Waals surface area contributed by atoms with Gasteiger partial charge in [-0.1, -0.05) is 37.5 Å². The Kier molecular flexibility index (Phi) is 10.9. The summed E-state index contributed by atoms with van der Waals surface area (Å²) in [6, 6.07) is 0. The van der Waals surface area contributed by atoms with Crippen LogP contribution in [0.15, 0.2) is 0 Å². The molecule has 0 spiro atoms. The summed E-state index contributed by atoms with van der Waals surface area (Å²) in [7, 11) is 0. The first-order valence-electron chi connectivity index (χ1n) is 9.06. The average Bonchev–Trinajstić information content (AvgIpc) is 2.55. The second kappa shape index (κ2) is 11.4. The number of rotatable bonds is 1. The minimum atomic E-state index is 0. The minimum Gasteiger partial charge on any atom is -0.328 e. The molecule has 0 aromatic carbocycles. The Hall–Kier alpha value is 0.885. The second-order valence-electron chi connectivity index (χ2n) is 7.24. The van der Waals surface area contributed by atoms with Gasteiger partial charge in [-0.25, -0.2) is 0 Å². The third-order valence-electron chi connectivity index (χ3n) is 5.85. The molecule has 0 unspecified atom stereocenters. The smallest absolute Gasteiger partial charge is 0.0203 e. The maximum atomic E-state index is 3.64. The first-order chi connectivity index (χ1) is 9.92. The van der Waals surface area contributed by atoms with E-state index in [2.05, 4.69) is 24.7 Å². The molecule has 0 N–H and O–H groups in total. The van der Waals surface area contributed by atoms with Crippen LogP contribution in [0.25, 0.3) is 0 Å². The van der Waals surface area contributed by atoms with Crippen molar-refractivity contribution in [3.05, 3.63) is 12.8 Å². The molecule has 126 valence electrons. The van der Waals surface area contributed by atoms with E-state index in [-0.39, 0.29) is 40.8 Å². The fraction of sp³-hybridized carbons (Fsp3) is 0.800. The van der Waals surface area contributed by atoms with E-state index in [1.165, 1.54) is 77.0 Å². The predicted octanol–water partition coefficient (Wildman–Crippen LogP) is 5.58. The van der Waals surface area contributed by atoms with Crippen molar-refractivity contribution in [2.24, 2.45) is 23.7 Å². The first kappa shape index (κ1) is 20.9. The fourth-order valence-corrected chi connectivity index (χ4v) is 4.47. The van der Waals surface area contributed by atoms with Gasteiger partial charge in [0.1, 0.15) is 0 Å². The van der Waals surface area contributed by atoms with Crippen LogP contribution >= 0.6 is 0 Å². The van der Waals surface area contributed by atoms with Gasteiger partial charge in [0, 0.05) is 52.7 Å². The SMILES string of the molecule is C(#CC1CCC(C2CC[CH-]CC2)CC1)C1CC[CH-]CC1.[Re].[Re]. The van der Waals surface area contributed by atoms with Gasteiger partial charge in [-0.2, -0.15) is 25.7 Å². The Balaban J connectivity index is 0.00000121. The fourth-order valence-electron chi connectivity index (χ4n) is 4.47. The largest absolute Gasteiger partial charge is 0.328 e. The van der Waals surface area contributed by atoms with Gasteiger partial charge < -0.3 is 12.8 Å². The summed E-state index contributed by atoms with van der Waals surface area (Å²) >= 11 is 0. The van der Waals surface area contributed by atoms with Crippen LogP contribution in [-0.2, 0) is 40.8 Å². The van der Waals surface area contributed by atoms with Gasteiger partial charge in [0.2, 0.25) is 0 Å². The van der Waals surface area contributed by atoms with Gasteiger partial charge in [0.25, 0.3) is 0 Å². The van der Waals surface area contributed by atoms with Gasteiger partial charge in [-0.15, -0.1) is 0 Å². The summed E-state index contributed by atoms with van der Waals surface area (Å²) in [5, 5.41) is 0. The summed E-state index contributed by atoms with van der Waals surface area (Å²) in [5.74, 6) is 10.8. The molecule has 0 heterocycles. The van der Waals surface area contributed by atoms with Crippen LogP contribution in [0.2, 0.25) is 0 Å². The van der Waals surface area contributed by atoms with E-state index in [9.17, 15) is 0 Å². The second-order valence-corrected chi connectivity index (χ2v) is 7.24. The Morgan fingerprint density at radius 1 is 0.500 bits per heavy atom. The molecule has 3 aliphatic carbocycles. The van der Waals surface area contributed by atoms with Gasteiger partial charge >= 0.3 is 0 Å². The third kappa shape index (κ3) is 6.41. The molecule has 0 amide bonds. The zero-order chi connectivity index (χ0) is 13.6. The molecule has 3 saturated carbocycles. The van der Waals surface area contributed by atoms with Crippen LogP contribution in [0.4, 0.5) is 0 Å². The zero-order valence-corrected chi connectivity index (χ0v) is 19.1. The van der Waals surface area contributed by atoms with Crippen molar-refractivity contribution in [2.45, 2.75) is 77.0 Å².